The van der Waals surface area contributed by atoms with Crippen LogP contribution in [0.15, 0.2) is 12.2 Å². The maximum atomic E-state index is 15.3. The Kier molecular flexibility index (Phi) is 35.0. The largest absolute Gasteiger partial charge is 0.390 e. The van der Waals surface area contributed by atoms with Crippen LogP contribution in [0.5, 0.6) is 0 Å². The Morgan fingerprint density at radius 2 is 0.937 bits per heavy atom. The van der Waals surface area contributed by atoms with Gasteiger partial charge in [0.15, 0.2) is 0 Å². The lowest BCUT2D eigenvalue weighted by molar-refractivity contribution is -0.157. The SMILES string of the molecule is C/C=C/C[C@@H](C)[C@@H](O)[C@H]1C(=O)N[C@@H](CC)C(=O)N(C)[C@H](C)C(=O)N(C)[C@@H]([C@H](C)CN2CCN(CCOC)CC2)C(=O)NC(C(C)C)C(=O)N(C)[C@@H](CC(C)C)C(=O)N[C@@H](C)C(=O)N[C@H](C)C(=O)N(C)[C@@H](CC(C)C)C(=O)N(C)[C@@H](CC(C)C)C(=O)N(C)C(C(C)C)C(=O)N1C. The number of ether oxygens (including phenoxy) is 1. The molecule has 5 N–H and O–H groups in total. The maximum absolute atomic E-state index is 15.3. The lowest BCUT2D eigenvalue weighted by Crippen LogP contribution is -2.64. The Bertz CT molecular complexity index is 2600. The van der Waals surface area contributed by atoms with Gasteiger partial charge in [0.05, 0.1) is 12.7 Å². The smallest absolute Gasteiger partial charge is 0.246 e. The number of aliphatic hydroxyl groups excluding tert-OH is 1. The molecule has 2 saturated heterocycles. The maximum Gasteiger partial charge on any atom is 0.246 e. The van der Waals surface area contributed by atoms with Crippen molar-refractivity contribution in [2.75, 3.05) is 102 Å². The number of amides is 11. The van der Waals surface area contributed by atoms with E-state index in [4.69, 9.17) is 4.74 Å². The number of likely N-dealkylation sites (N-methyl/N-ethyl adjacent to an activating group) is 7. The molecule has 0 bridgehead atoms. The summed E-state index contributed by atoms with van der Waals surface area (Å²) in [5.74, 6) is -10.3. The molecule has 11 amide bonds. The number of aliphatic hydroxyl groups is 1. The van der Waals surface area contributed by atoms with Crippen LogP contribution in [0, 0.1) is 41.4 Å². The van der Waals surface area contributed by atoms with E-state index in [0.29, 0.717) is 32.7 Å². The van der Waals surface area contributed by atoms with Crippen LogP contribution in [0.3, 0.4) is 0 Å². The quantitative estimate of drug-likeness (QED) is 0.116. The van der Waals surface area contributed by atoms with Crippen molar-refractivity contribution in [3.63, 3.8) is 0 Å². The molecule has 2 aliphatic heterocycles. The molecule has 95 heavy (non-hydrogen) atoms. The van der Waals surface area contributed by atoms with Gasteiger partial charge in [0.25, 0.3) is 0 Å². The molecule has 0 saturated carbocycles. The summed E-state index contributed by atoms with van der Waals surface area (Å²) in [5, 5.41) is 23.5. The van der Waals surface area contributed by atoms with Crippen LogP contribution in [0.25, 0.3) is 0 Å². The van der Waals surface area contributed by atoms with E-state index < -0.39 is 161 Å². The molecule has 0 aromatic carbocycles. The highest BCUT2D eigenvalue weighted by molar-refractivity contribution is 6.00. The number of nitrogens with zero attached hydrogens (tertiary/aromatic N) is 9. The van der Waals surface area contributed by atoms with Crippen LogP contribution in [-0.4, -0.2) is 289 Å². The minimum atomic E-state index is -1.63. The number of nitrogens with one attached hydrogen (secondary N) is 4. The molecule has 26 heteroatoms. The van der Waals surface area contributed by atoms with Gasteiger partial charge in [-0.05, 0) is 101 Å². The Morgan fingerprint density at radius 3 is 1.42 bits per heavy atom. The third kappa shape index (κ3) is 23.5. The lowest BCUT2D eigenvalue weighted by Gasteiger charge is -2.41. The van der Waals surface area contributed by atoms with Crippen LogP contribution >= 0.6 is 0 Å². The fourth-order valence-corrected chi connectivity index (χ4v) is 12.7. The van der Waals surface area contributed by atoms with Crippen molar-refractivity contribution in [1.29, 1.82) is 0 Å². The normalized spacial score (nSPS) is 27.8. The van der Waals surface area contributed by atoms with Crippen LogP contribution in [-0.2, 0) is 57.5 Å². The van der Waals surface area contributed by atoms with Crippen LogP contribution in [0.1, 0.15) is 150 Å². The third-order valence-corrected chi connectivity index (χ3v) is 19.0. The van der Waals surface area contributed by atoms with Crippen molar-refractivity contribution in [1.82, 2.24) is 65.4 Å². The molecule has 0 spiro atoms. The summed E-state index contributed by atoms with van der Waals surface area (Å²) in [5.41, 5.74) is 0. The van der Waals surface area contributed by atoms with Gasteiger partial charge in [-0.2, -0.15) is 0 Å². The van der Waals surface area contributed by atoms with Gasteiger partial charge in [-0.3, -0.25) is 57.6 Å². The number of rotatable bonds is 19. The number of piperazine rings is 1. The van der Waals surface area contributed by atoms with Gasteiger partial charge in [-0.25, -0.2) is 0 Å². The van der Waals surface area contributed by atoms with Gasteiger partial charge >= 0.3 is 0 Å². The van der Waals surface area contributed by atoms with E-state index in [-0.39, 0.29) is 43.4 Å². The summed E-state index contributed by atoms with van der Waals surface area (Å²) in [6.45, 7) is 34.1. The average Bonchev–Trinajstić information content (AvgIpc) is 0.825. The molecule has 0 aliphatic carbocycles. The zero-order chi connectivity index (χ0) is 73.0. The van der Waals surface area contributed by atoms with Crippen LogP contribution < -0.4 is 21.3 Å². The van der Waals surface area contributed by atoms with Gasteiger partial charge in [0.1, 0.15) is 66.5 Å². The summed E-state index contributed by atoms with van der Waals surface area (Å²) in [6, 6.07) is -13.9. The highest BCUT2D eigenvalue weighted by atomic mass is 16.5. The van der Waals surface area contributed by atoms with Gasteiger partial charge in [0, 0.05) is 95.7 Å². The molecule has 544 valence electrons. The van der Waals surface area contributed by atoms with Crippen molar-refractivity contribution in [2.24, 2.45) is 41.4 Å². The van der Waals surface area contributed by atoms with Crippen molar-refractivity contribution < 1.29 is 62.6 Å². The second kappa shape index (κ2) is 39.2. The molecule has 2 unspecified atom stereocenters. The molecular weight excluding hydrogens is 1220 g/mol. The van der Waals surface area contributed by atoms with E-state index in [2.05, 4.69) is 31.1 Å². The van der Waals surface area contributed by atoms with E-state index in [1.54, 1.807) is 61.7 Å². The van der Waals surface area contributed by atoms with Crippen molar-refractivity contribution in [3.8, 4) is 0 Å². The lowest BCUT2D eigenvalue weighted by atomic mass is 9.91. The molecule has 26 nitrogen and oxygen atoms in total. The molecule has 14 atom stereocenters. The van der Waals surface area contributed by atoms with Crippen molar-refractivity contribution in [2.45, 2.75) is 222 Å². The molecule has 0 aromatic rings. The van der Waals surface area contributed by atoms with Gasteiger partial charge in [-0.1, -0.05) is 102 Å². The number of hydrogen-bond acceptors (Lipinski definition) is 15. The number of methoxy groups -OCH3 is 1. The van der Waals surface area contributed by atoms with E-state index >= 15 is 28.8 Å². The average molecular weight is 1340 g/mol. The zero-order valence-electron chi connectivity index (χ0n) is 62.5. The van der Waals surface area contributed by atoms with E-state index in [1.807, 2.05) is 54.5 Å². The monoisotopic (exact) mass is 1340 g/mol. The predicted octanol–water partition coefficient (Wildman–Crippen LogP) is 2.51. The summed E-state index contributed by atoms with van der Waals surface area (Å²) in [4.78, 5) is 177. The Hall–Kier alpha value is -6.25. The summed E-state index contributed by atoms with van der Waals surface area (Å²) in [6.07, 6.45) is 2.83. The first-order chi connectivity index (χ1) is 44.1. The third-order valence-electron chi connectivity index (χ3n) is 19.0. The first-order valence-corrected chi connectivity index (χ1v) is 34.5. The van der Waals surface area contributed by atoms with E-state index in [1.165, 1.54) is 99.5 Å². The second-order valence-electron chi connectivity index (χ2n) is 28.9. The summed E-state index contributed by atoms with van der Waals surface area (Å²) in [7, 11) is 11.7. The molecule has 0 radical (unpaired) electrons. The summed E-state index contributed by atoms with van der Waals surface area (Å²) >= 11 is 0. The van der Waals surface area contributed by atoms with Crippen molar-refractivity contribution in [3.05, 3.63) is 12.2 Å². The minimum absolute atomic E-state index is 0.00416. The Labute approximate surface area is 569 Å². The standard InChI is InChI=1S/C69H125N13O13/c1-26-28-29-45(13)58(83)57-62(87)72-50(27-2)65(90)74(18)49(17)64(89)79(23)56(46(14)39-82-32-30-81(31-33-82)34-35-95-25)61(86)73-54(43(9)10)68(93)75(19)51(36-40(3)4)60(85)70-47(15)59(84)71-48(16)63(88)76(20)52(37-41(5)6)66(91)77(21)53(38-42(7)8)67(92)78(22)55(44(11)12)69(94)80(57)24/h26,28,40-58,83H,27,29-39H2,1-25H3,(H,70,85)(H,71,84)(H,72,87)(H,73,86)/b28-26+/t45-,46-,47+,48-,49-,50+,51+,52+,53+,54?,55?,56+,57+,58-/m1/s1. The first-order valence-electron chi connectivity index (χ1n) is 34.5. The summed E-state index contributed by atoms with van der Waals surface area (Å²) < 4.78 is 5.31. The fraction of sp³-hybridized carbons (Fsp3) is 0.812. The highest BCUT2D eigenvalue weighted by Gasteiger charge is 2.47. The predicted molar refractivity (Wildman–Crippen MR) is 368 cm³/mol. The van der Waals surface area contributed by atoms with E-state index in [0.717, 1.165) is 24.5 Å². The molecule has 2 rings (SSSR count). The van der Waals surface area contributed by atoms with Gasteiger partial charge < -0.3 is 70.3 Å². The highest BCUT2D eigenvalue weighted by Crippen LogP contribution is 2.26. The molecule has 2 aliphatic rings. The van der Waals surface area contributed by atoms with E-state index in [9.17, 15) is 29.1 Å². The molecule has 2 heterocycles. The Balaban J connectivity index is 3.05. The van der Waals surface area contributed by atoms with Crippen LogP contribution in [0.2, 0.25) is 0 Å². The Morgan fingerprint density at radius 1 is 0.484 bits per heavy atom. The number of carbonyl (C=O) groups excluding carboxylic acids is 11. The second-order valence-corrected chi connectivity index (χ2v) is 28.9. The molecular formula is C69H125N13O13. The number of carbonyl (C=O) groups is 11. The fourth-order valence-electron chi connectivity index (χ4n) is 12.7. The zero-order valence-corrected chi connectivity index (χ0v) is 62.5. The molecule has 2 fully saturated rings. The topological polar surface area (TPSA) is 295 Å². The number of allylic oxidation sites excluding steroid dienone is 2. The molecule has 0 aromatic heterocycles. The minimum Gasteiger partial charge on any atom is -0.390 e. The number of hydrogen-bond donors (Lipinski definition) is 5. The van der Waals surface area contributed by atoms with Crippen LogP contribution in [0.4, 0.5) is 0 Å². The first kappa shape index (κ1) is 84.8. The van der Waals surface area contributed by atoms with Gasteiger partial charge in [0.2, 0.25) is 65.0 Å². The van der Waals surface area contributed by atoms with Crippen molar-refractivity contribution >= 4 is 65.0 Å². The van der Waals surface area contributed by atoms with Gasteiger partial charge in [-0.15, -0.1) is 0 Å².